The fourth-order valence-corrected chi connectivity index (χ4v) is 4.44. The van der Waals surface area contributed by atoms with Gasteiger partial charge >= 0.3 is 0 Å². The normalized spacial score (nSPS) is 17.7. The van der Waals surface area contributed by atoms with Crippen LogP contribution in [-0.4, -0.2) is 44.9 Å². The second-order valence-corrected chi connectivity index (χ2v) is 8.74. The Bertz CT molecular complexity index is 1210. The van der Waals surface area contributed by atoms with Crippen molar-refractivity contribution in [2.75, 3.05) is 18.5 Å². The number of aromatic nitrogens is 3. The van der Waals surface area contributed by atoms with Gasteiger partial charge in [-0.3, -0.25) is 9.59 Å². The zero-order valence-electron chi connectivity index (χ0n) is 17.4. The van der Waals surface area contributed by atoms with E-state index in [0.29, 0.717) is 46.1 Å². The molecule has 0 bridgehead atoms. The molecule has 10 heteroatoms. The van der Waals surface area contributed by atoms with Crippen molar-refractivity contribution < 1.29 is 23.8 Å². The van der Waals surface area contributed by atoms with Crippen molar-refractivity contribution in [3.05, 3.63) is 53.9 Å². The highest BCUT2D eigenvalue weighted by Gasteiger charge is 2.29. The Hall–Kier alpha value is -3.53. The number of thioether (sulfide) groups is 1. The lowest BCUT2D eigenvalue weighted by molar-refractivity contribution is -0.118. The van der Waals surface area contributed by atoms with Gasteiger partial charge in [0.2, 0.25) is 0 Å². The summed E-state index contributed by atoms with van der Waals surface area (Å²) in [5.74, 6) is 2.20. The number of benzene rings is 2. The van der Waals surface area contributed by atoms with Crippen LogP contribution in [0.15, 0.2) is 47.6 Å². The number of ketones is 1. The highest BCUT2D eigenvalue weighted by Crippen LogP contribution is 2.36. The van der Waals surface area contributed by atoms with E-state index in [2.05, 4.69) is 15.5 Å². The average Bonchev–Trinajstić information content (AvgIpc) is 3.17. The van der Waals surface area contributed by atoms with Crippen LogP contribution in [0.4, 0.5) is 5.69 Å². The zero-order valence-corrected chi connectivity index (χ0v) is 18.2. The van der Waals surface area contributed by atoms with E-state index in [0.717, 1.165) is 0 Å². The predicted molar refractivity (Wildman–Crippen MR) is 117 cm³/mol. The maximum atomic E-state index is 13.0. The SMILES string of the molecule is C[C@H](Sc1nnc([C@H]2COc3ccccc3O2)n1C)C(=O)c1ccc2c(c1)NC(=O)CO2. The van der Waals surface area contributed by atoms with Gasteiger partial charge in [0, 0.05) is 12.6 Å². The lowest BCUT2D eigenvalue weighted by Crippen LogP contribution is -2.26. The van der Waals surface area contributed by atoms with E-state index in [1.165, 1.54) is 11.8 Å². The number of carbonyl (C=O) groups is 2. The largest absolute Gasteiger partial charge is 0.485 e. The molecule has 3 heterocycles. The number of hydrogen-bond donors (Lipinski definition) is 1. The molecule has 164 valence electrons. The third kappa shape index (κ3) is 3.77. The highest BCUT2D eigenvalue weighted by atomic mass is 32.2. The van der Waals surface area contributed by atoms with Crippen molar-refractivity contribution in [3.8, 4) is 17.2 Å². The Morgan fingerprint density at radius 3 is 2.81 bits per heavy atom. The molecule has 3 aromatic rings. The fraction of sp³-hybridized carbons (Fsp3) is 0.273. The molecule has 1 aromatic heterocycles. The maximum absolute atomic E-state index is 13.0. The number of rotatable bonds is 5. The van der Waals surface area contributed by atoms with Crippen molar-refractivity contribution >= 4 is 29.1 Å². The third-order valence-electron chi connectivity index (χ3n) is 5.21. The molecule has 0 radical (unpaired) electrons. The molecule has 1 N–H and O–H groups in total. The maximum Gasteiger partial charge on any atom is 0.262 e. The third-order valence-corrected chi connectivity index (χ3v) is 6.35. The Labute approximate surface area is 188 Å². The molecule has 0 saturated carbocycles. The first-order valence-electron chi connectivity index (χ1n) is 10.0. The number of nitrogens with one attached hydrogen (secondary N) is 1. The second kappa shape index (κ2) is 8.19. The monoisotopic (exact) mass is 452 g/mol. The molecule has 2 aromatic carbocycles. The number of nitrogens with zero attached hydrogens (tertiary/aromatic N) is 3. The van der Waals surface area contributed by atoms with Crippen molar-refractivity contribution in [2.45, 2.75) is 23.4 Å². The van der Waals surface area contributed by atoms with Gasteiger partial charge < -0.3 is 24.1 Å². The van der Waals surface area contributed by atoms with E-state index in [-0.39, 0.29) is 18.3 Å². The summed E-state index contributed by atoms with van der Waals surface area (Å²) in [6.07, 6.45) is -0.396. The van der Waals surface area contributed by atoms with Crippen LogP contribution in [0.1, 0.15) is 29.2 Å². The first-order valence-corrected chi connectivity index (χ1v) is 10.9. The number of amides is 1. The molecule has 2 atom stereocenters. The first kappa shape index (κ1) is 20.4. The lowest BCUT2D eigenvalue weighted by Gasteiger charge is -2.25. The Morgan fingerprint density at radius 2 is 1.97 bits per heavy atom. The van der Waals surface area contributed by atoms with E-state index in [4.69, 9.17) is 14.2 Å². The molecule has 0 spiro atoms. The van der Waals surface area contributed by atoms with E-state index < -0.39 is 11.4 Å². The van der Waals surface area contributed by atoms with Crippen LogP contribution in [0.25, 0.3) is 0 Å². The van der Waals surface area contributed by atoms with Gasteiger partial charge in [-0.2, -0.15) is 0 Å². The number of para-hydroxylation sites is 2. The average molecular weight is 452 g/mol. The second-order valence-electron chi connectivity index (χ2n) is 7.44. The van der Waals surface area contributed by atoms with Gasteiger partial charge in [-0.25, -0.2) is 0 Å². The first-order chi connectivity index (χ1) is 15.5. The summed E-state index contributed by atoms with van der Waals surface area (Å²) in [6, 6.07) is 12.5. The number of anilines is 1. The van der Waals surface area contributed by atoms with Crippen molar-refractivity contribution in [1.82, 2.24) is 14.8 Å². The zero-order chi connectivity index (χ0) is 22.2. The molecule has 0 aliphatic carbocycles. The molecule has 2 aliphatic rings. The summed E-state index contributed by atoms with van der Waals surface area (Å²) >= 11 is 1.31. The van der Waals surface area contributed by atoms with Crippen LogP contribution in [-0.2, 0) is 11.8 Å². The van der Waals surface area contributed by atoms with Crippen molar-refractivity contribution in [2.24, 2.45) is 7.05 Å². The van der Waals surface area contributed by atoms with Crippen molar-refractivity contribution in [1.29, 1.82) is 0 Å². The minimum Gasteiger partial charge on any atom is -0.485 e. The molecule has 5 rings (SSSR count). The molecular formula is C22H20N4O5S. The van der Waals surface area contributed by atoms with E-state index in [1.807, 2.05) is 42.8 Å². The molecule has 32 heavy (non-hydrogen) atoms. The summed E-state index contributed by atoms with van der Waals surface area (Å²) < 4.78 is 19.0. The Kier molecular flexibility index (Phi) is 5.22. The van der Waals surface area contributed by atoms with Crippen LogP contribution in [0.3, 0.4) is 0 Å². The van der Waals surface area contributed by atoms with Gasteiger partial charge in [0.1, 0.15) is 12.4 Å². The van der Waals surface area contributed by atoms with Crippen LogP contribution >= 0.6 is 11.8 Å². The predicted octanol–water partition coefficient (Wildman–Crippen LogP) is 3.02. The van der Waals surface area contributed by atoms with E-state index in [1.54, 1.807) is 18.2 Å². The molecule has 0 unspecified atom stereocenters. The number of Topliss-reactive ketones (excluding diaryl/α,β-unsaturated/α-hetero) is 1. The highest BCUT2D eigenvalue weighted by molar-refractivity contribution is 8.00. The number of fused-ring (bicyclic) bond motifs is 2. The molecule has 0 saturated heterocycles. The lowest BCUT2D eigenvalue weighted by atomic mass is 10.1. The van der Waals surface area contributed by atoms with Gasteiger partial charge in [-0.1, -0.05) is 23.9 Å². The molecule has 9 nitrogen and oxygen atoms in total. The van der Waals surface area contributed by atoms with Gasteiger partial charge in [-0.05, 0) is 37.3 Å². The van der Waals surface area contributed by atoms with Gasteiger partial charge in [0.05, 0.1) is 10.9 Å². The van der Waals surface area contributed by atoms with Crippen LogP contribution in [0.5, 0.6) is 17.2 Å². The number of ether oxygens (including phenoxy) is 3. The molecule has 2 aliphatic heterocycles. The fourth-order valence-electron chi connectivity index (χ4n) is 3.54. The molecule has 0 fully saturated rings. The Morgan fingerprint density at radius 1 is 1.16 bits per heavy atom. The Balaban J connectivity index is 1.30. The van der Waals surface area contributed by atoms with Gasteiger partial charge in [0.15, 0.2) is 41.0 Å². The summed E-state index contributed by atoms with van der Waals surface area (Å²) in [6.45, 7) is 2.11. The quantitative estimate of drug-likeness (QED) is 0.465. The van der Waals surface area contributed by atoms with E-state index in [9.17, 15) is 9.59 Å². The topological polar surface area (TPSA) is 105 Å². The molecular weight excluding hydrogens is 432 g/mol. The van der Waals surface area contributed by atoms with E-state index >= 15 is 0 Å². The number of hydrogen-bond acceptors (Lipinski definition) is 8. The summed E-state index contributed by atoms with van der Waals surface area (Å²) in [5, 5.41) is 11.4. The minimum absolute atomic E-state index is 0.0254. The molecule has 1 amide bonds. The van der Waals surface area contributed by atoms with Gasteiger partial charge in [-0.15, -0.1) is 10.2 Å². The summed E-state index contributed by atoms with van der Waals surface area (Å²) in [5.41, 5.74) is 0.984. The van der Waals surface area contributed by atoms with Crippen molar-refractivity contribution in [3.63, 3.8) is 0 Å². The van der Waals surface area contributed by atoms with Crippen LogP contribution in [0, 0.1) is 0 Å². The minimum atomic E-state index is -0.423. The summed E-state index contributed by atoms with van der Waals surface area (Å²) in [4.78, 5) is 24.6. The van der Waals surface area contributed by atoms with Crippen LogP contribution < -0.4 is 19.5 Å². The van der Waals surface area contributed by atoms with Crippen LogP contribution in [0.2, 0.25) is 0 Å². The smallest absolute Gasteiger partial charge is 0.262 e. The standard InChI is InChI=1S/C22H20N4O5S/c1-12(20(28)13-7-8-15-14(9-13)23-19(27)11-30-15)32-22-25-24-21(26(22)2)18-10-29-16-5-3-4-6-17(16)31-18/h3-9,12,18H,10-11H2,1-2H3,(H,23,27)/t12-,18+/m0/s1. The summed E-state index contributed by atoms with van der Waals surface area (Å²) in [7, 11) is 1.84. The van der Waals surface area contributed by atoms with Gasteiger partial charge in [0.25, 0.3) is 5.91 Å². The number of carbonyl (C=O) groups excluding carboxylic acids is 2.